The van der Waals surface area contributed by atoms with Gasteiger partial charge in [0, 0.05) is 12.1 Å². The maximum Gasteiger partial charge on any atom is 0.335 e. The molecule has 1 amide bonds. The Morgan fingerprint density at radius 2 is 2.22 bits per heavy atom. The van der Waals surface area contributed by atoms with Crippen molar-refractivity contribution in [2.45, 2.75) is 17.7 Å². The number of carboxylic acid groups (broad SMARTS) is 1. The number of benzene rings is 1. The second-order valence-corrected chi connectivity index (χ2v) is 5.07. The van der Waals surface area contributed by atoms with Crippen LogP contribution in [0, 0.1) is 0 Å². The Morgan fingerprint density at radius 1 is 1.44 bits per heavy atom. The maximum absolute atomic E-state index is 11.9. The van der Waals surface area contributed by atoms with Crippen LogP contribution in [0.3, 0.4) is 0 Å². The molecule has 1 aliphatic rings. The van der Waals surface area contributed by atoms with Crippen LogP contribution in [0.5, 0.6) is 0 Å². The van der Waals surface area contributed by atoms with Gasteiger partial charge in [-0.3, -0.25) is 4.79 Å². The highest BCUT2D eigenvalue weighted by molar-refractivity contribution is 7.81. The lowest BCUT2D eigenvalue weighted by Gasteiger charge is -2.09. The molecule has 5 nitrogen and oxygen atoms in total. The van der Waals surface area contributed by atoms with Crippen molar-refractivity contribution >= 4 is 30.2 Å². The number of nitrogens with two attached hydrogens (primary N) is 1. The summed E-state index contributed by atoms with van der Waals surface area (Å²) in [7, 11) is 0. The molecule has 2 atom stereocenters. The van der Waals surface area contributed by atoms with Crippen molar-refractivity contribution in [1.29, 1.82) is 0 Å². The molecule has 0 spiro atoms. The molecule has 96 valence electrons. The number of hydrogen-bond donors (Lipinski definition) is 4. The van der Waals surface area contributed by atoms with Crippen LogP contribution in [0.2, 0.25) is 0 Å². The van der Waals surface area contributed by atoms with Crippen molar-refractivity contribution in [2.75, 3.05) is 11.9 Å². The summed E-state index contributed by atoms with van der Waals surface area (Å²) >= 11 is 4.33. The first-order valence-corrected chi connectivity index (χ1v) is 6.23. The van der Waals surface area contributed by atoms with E-state index in [1.165, 1.54) is 12.1 Å². The Balaban J connectivity index is 2.03. The minimum atomic E-state index is -1.01. The fourth-order valence-corrected chi connectivity index (χ4v) is 2.33. The quantitative estimate of drug-likeness (QED) is 0.580. The van der Waals surface area contributed by atoms with Crippen molar-refractivity contribution in [3.8, 4) is 0 Å². The van der Waals surface area contributed by atoms with Crippen LogP contribution in [-0.2, 0) is 4.79 Å². The number of hydrogen-bond acceptors (Lipinski definition) is 3. The van der Waals surface area contributed by atoms with E-state index < -0.39 is 5.97 Å². The number of aromatic carboxylic acids is 1. The third-order valence-electron chi connectivity index (χ3n) is 2.93. The zero-order valence-electron chi connectivity index (χ0n) is 9.67. The molecule has 4 N–H and O–H groups in total. The van der Waals surface area contributed by atoms with Crippen LogP contribution in [0.15, 0.2) is 24.3 Å². The molecular formula is C12H15N2O3S+. The fourth-order valence-electron chi connectivity index (χ4n) is 1.99. The highest BCUT2D eigenvalue weighted by Gasteiger charge is 2.31. The number of carboxylic acids is 1. The van der Waals surface area contributed by atoms with Crippen molar-refractivity contribution in [2.24, 2.45) is 0 Å². The first kappa shape index (κ1) is 12.9. The minimum absolute atomic E-state index is 0.103. The maximum atomic E-state index is 11.9. The van der Waals surface area contributed by atoms with Gasteiger partial charge in [0.2, 0.25) is 0 Å². The van der Waals surface area contributed by atoms with Gasteiger partial charge in [-0.1, -0.05) is 6.07 Å². The Hall–Kier alpha value is -1.53. The molecule has 0 bridgehead atoms. The van der Waals surface area contributed by atoms with Crippen LogP contribution in [0.25, 0.3) is 0 Å². The predicted octanol–water partition coefficient (Wildman–Crippen LogP) is -0.0426. The number of rotatable bonds is 3. The molecule has 1 fully saturated rings. The fraction of sp³-hybridized carbons (Fsp3) is 0.333. The second kappa shape index (κ2) is 5.41. The van der Waals surface area contributed by atoms with Gasteiger partial charge < -0.3 is 15.7 Å². The summed E-state index contributed by atoms with van der Waals surface area (Å²) < 4.78 is 0. The molecular weight excluding hydrogens is 252 g/mol. The van der Waals surface area contributed by atoms with Gasteiger partial charge in [0.1, 0.15) is 0 Å². The van der Waals surface area contributed by atoms with Gasteiger partial charge in [0.05, 0.1) is 17.4 Å². The third kappa shape index (κ3) is 3.02. The lowest BCUT2D eigenvalue weighted by molar-refractivity contribution is -0.656. The molecule has 0 saturated carbocycles. The van der Waals surface area contributed by atoms with Crippen LogP contribution in [0.4, 0.5) is 5.69 Å². The molecule has 0 radical (unpaired) electrons. The average molecular weight is 267 g/mol. The summed E-state index contributed by atoms with van der Waals surface area (Å²) in [5.41, 5.74) is 0.672. The molecule has 2 rings (SSSR count). The van der Waals surface area contributed by atoms with E-state index in [0.717, 1.165) is 13.0 Å². The van der Waals surface area contributed by atoms with E-state index in [0.29, 0.717) is 5.69 Å². The largest absolute Gasteiger partial charge is 0.478 e. The molecule has 18 heavy (non-hydrogen) atoms. The van der Waals surface area contributed by atoms with E-state index in [4.69, 9.17) is 5.11 Å². The number of thiol groups is 1. The summed E-state index contributed by atoms with van der Waals surface area (Å²) in [6.45, 7) is 0.830. The SMILES string of the molecule is O=C(O)c1cccc(NC(=O)C2CC(S)C[NH2+]2)c1. The van der Waals surface area contributed by atoms with Crippen molar-refractivity contribution in [3.63, 3.8) is 0 Å². The Labute approximate surface area is 110 Å². The monoisotopic (exact) mass is 267 g/mol. The molecule has 1 aromatic carbocycles. The number of carbonyl (C=O) groups is 2. The van der Waals surface area contributed by atoms with E-state index in [1.807, 2.05) is 5.32 Å². The normalized spacial score (nSPS) is 22.7. The highest BCUT2D eigenvalue weighted by atomic mass is 32.1. The Kier molecular flexibility index (Phi) is 3.88. The first-order valence-electron chi connectivity index (χ1n) is 5.72. The average Bonchev–Trinajstić information content (AvgIpc) is 2.76. The molecule has 1 aliphatic heterocycles. The molecule has 0 aliphatic carbocycles. The summed E-state index contributed by atoms with van der Waals surface area (Å²) in [4.78, 5) is 22.7. The highest BCUT2D eigenvalue weighted by Crippen LogP contribution is 2.13. The molecule has 2 unspecified atom stereocenters. The van der Waals surface area contributed by atoms with Gasteiger partial charge in [-0.25, -0.2) is 4.79 Å². The Bertz CT molecular complexity index is 478. The van der Waals surface area contributed by atoms with Gasteiger partial charge in [-0.05, 0) is 18.2 Å². The summed E-state index contributed by atoms with van der Waals surface area (Å²) in [5.74, 6) is -1.11. The zero-order valence-corrected chi connectivity index (χ0v) is 10.6. The summed E-state index contributed by atoms with van der Waals surface area (Å²) in [6, 6.07) is 6.09. The van der Waals surface area contributed by atoms with Crippen molar-refractivity contribution in [3.05, 3.63) is 29.8 Å². The molecule has 6 heteroatoms. The molecule has 1 heterocycles. The standard InChI is InChI=1S/C12H14N2O3S/c15-11(10-5-9(18)6-13-10)14-8-3-1-2-7(4-8)12(16)17/h1-4,9-10,13,18H,5-6H2,(H,14,15)(H,16,17)/p+1. The molecule has 0 aromatic heterocycles. The van der Waals surface area contributed by atoms with Crippen LogP contribution < -0.4 is 10.6 Å². The van der Waals surface area contributed by atoms with Gasteiger partial charge >= 0.3 is 5.97 Å². The van der Waals surface area contributed by atoms with Crippen LogP contribution >= 0.6 is 12.6 Å². The summed E-state index contributed by atoms with van der Waals surface area (Å²) in [6.07, 6.45) is 0.730. The van der Waals surface area contributed by atoms with Crippen molar-refractivity contribution < 1.29 is 20.0 Å². The lowest BCUT2D eigenvalue weighted by Crippen LogP contribution is -2.89. The van der Waals surface area contributed by atoms with Crippen LogP contribution in [0.1, 0.15) is 16.8 Å². The molecule has 1 aromatic rings. The lowest BCUT2D eigenvalue weighted by atomic mass is 10.2. The van der Waals surface area contributed by atoms with E-state index in [1.54, 1.807) is 12.1 Å². The van der Waals surface area contributed by atoms with Gasteiger partial charge in [0.25, 0.3) is 5.91 Å². The van der Waals surface area contributed by atoms with E-state index in [9.17, 15) is 9.59 Å². The number of amides is 1. The Morgan fingerprint density at radius 3 is 2.83 bits per heavy atom. The zero-order chi connectivity index (χ0) is 13.1. The minimum Gasteiger partial charge on any atom is -0.478 e. The molecule has 1 saturated heterocycles. The third-order valence-corrected chi connectivity index (χ3v) is 3.35. The van der Waals surface area contributed by atoms with Crippen molar-refractivity contribution in [1.82, 2.24) is 0 Å². The second-order valence-electron chi connectivity index (χ2n) is 4.34. The smallest absolute Gasteiger partial charge is 0.335 e. The number of anilines is 1. The number of nitrogens with one attached hydrogen (secondary N) is 1. The van der Waals surface area contributed by atoms with E-state index >= 15 is 0 Å². The van der Waals surface area contributed by atoms with Gasteiger partial charge in [-0.2, -0.15) is 12.6 Å². The summed E-state index contributed by atoms with van der Waals surface area (Å²) in [5, 5.41) is 13.8. The van der Waals surface area contributed by atoms with E-state index in [2.05, 4.69) is 17.9 Å². The van der Waals surface area contributed by atoms with Gasteiger partial charge in [-0.15, -0.1) is 0 Å². The first-order chi connectivity index (χ1) is 8.56. The van der Waals surface area contributed by atoms with Gasteiger partial charge in [0.15, 0.2) is 6.04 Å². The number of carbonyl (C=O) groups excluding carboxylic acids is 1. The van der Waals surface area contributed by atoms with Crippen LogP contribution in [-0.4, -0.2) is 34.8 Å². The van der Waals surface area contributed by atoms with E-state index in [-0.39, 0.29) is 22.8 Å². The predicted molar refractivity (Wildman–Crippen MR) is 70.0 cm³/mol. The topological polar surface area (TPSA) is 83.0 Å². The number of quaternary nitrogens is 1.